The first-order valence-corrected chi connectivity index (χ1v) is 7.05. The number of likely N-dealkylation sites (tertiary alicyclic amines) is 1. The van der Waals surface area contributed by atoms with Crippen LogP contribution in [0, 0.1) is 5.92 Å². The number of amides is 1. The molecule has 2 unspecified atom stereocenters. The Hall–Kier alpha value is -1.94. The summed E-state index contributed by atoms with van der Waals surface area (Å²) in [6.45, 7) is 3.56. The standard InChI is InChI=1S/C16H19N3O/c1-11-7-9-19(10-14(11)17)16(20)13-4-2-6-15-12(13)5-3-8-18-15/h2-6,8,11,14H,7,9-10,17H2,1H3. The smallest absolute Gasteiger partial charge is 0.254 e. The van der Waals surface area contributed by atoms with Crippen molar-refractivity contribution in [3.63, 3.8) is 0 Å². The molecule has 2 N–H and O–H groups in total. The number of hydrogen-bond acceptors (Lipinski definition) is 3. The first kappa shape index (κ1) is 13.1. The van der Waals surface area contributed by atoms with Crippen molar-refractivity contribution in [2.24, 2.45) is 11.7 Å². The van der Waals surface area contributed by atoms with Crippen LogP contribution in [0.5, 0.6) is 0 Å². The Morgan fingerprint density at radius 2 is 2.20 bits per heavy atom. The third-order valence-corrected chi connectivity index (χ3v) is 4.18. The van der Waals surface area contributed by atoms with Gasteiger partial charge in [0.15, 0.2) is 0 Å². The zero-order valence-electron chi connectivity index (χ0n) is 11.6. The number of nitrogens with zero attached hydrogens (tertiary/aromatic N) is 2. The van der Waals surface area contributed by atoms with Crippen LogP contribution in [0.1, 0.15) is 23.7 Å². The second-order valence-corrected chi connectivity index (χ2v) is 5.56. The number of fused-ring (bicyclic) bond motifs is 1. The maximum Gasteiger partial charge on any atom is 0.254 e. The van der Waals surface area contributed by atoms with Crippen molar-refractivity contribution in [3.05, 3.63) is 42.1 Å². The molecule has 0 radical (unpaired) electrons. The number of carbonyl (C=O) groups excluding carboxylic acids is 1. The maximum atomic E-state index is 12.7. The minimum Gasteiger partial charge on any atom is -0.337 e. The third-order valence-electron chi connectivity index (χ3n) is 4.18. The van der Waals surface area contributed by atoms with Crippen LogP contribution in [0.2, 0.25) is 0 Å². The fourth-order valence-electron chi connectivity index (χ4n) is 2.74. The molecule has 2 heterocycles. The summed E-state index contributed by atoms with van der Waals surface area (Å²) in [5.41, 5.74) is 7.67. The number of rotatable bonds is 1. The molecule has 4 heteroatoms. The van der Waals surface area contributed by atoms with Crippen LogP contribution in [0.3, 0.4) is 0 Å². The van der Waals surface area contributed by atoms with E-state index in [1.807, 2.05) is 35.2 Å². The van der Waals surface area contributed by atoms with Gasteiger partial charge in [0.2, 0.25) is 0 Å². The van der Waals surface area contributed by atoms with Gasteiger partial charge in [-0.1, -0.05) is 19.1 Å². The molecular formula is C16H19N3O. The van der Waals surface area contributed by atoms with Crippen LogP contribution in [-0.4, -0.2) is 34.9 Å². The predicted octanol–water partition coefficient (Wildman–Crippen LogP) is 2.04. The van der Waals surface area contributed by atoms with Crippen LogP contribution < -0.4 is 5.73 Å². The molecular weight excluding hydrogens is 250 g/mol. The minimum atomic E-state index is 0.0611. The minimum absolute atomic E-state index is 0.0611. The Morgan fingerprint density at radius 3 is 3.00 bits per heavy atom. The molecule has 3 rings (SSSR count). The van der Waals surface area contributed by atoms with E-state index in [4.69, 9.17) is 5.73 Å². The number of carbonyl (C=O) groups is 1. The molecule has 1 aromatic heterocycles. The first-order valence-electron chi connectivity index (χ1n) is 7.05. The van der Waals surface area contributed by atoms with Crippen LogP contribution in [0.15, 0.2) is 36.5 Å². The molecule has 104 valence electrons. The molecule has 1 aromatic carbocycles. The van der Waals surface area contributed by atoms with Gasteiger partial charge >= 0.3 is 0 Å². The quantitative estimate of drug-likeness (QED) is 0.862. The van der Waals surface area contributed by atoms with Gasteiger partial charge in [0.05, 0.1) is 5.52 Å². The Labute approximate surface area is 118 Å². The number of pyridine rings is 1. The molecule has 20 heavy (non-hydrogen) atoms. The van der Waals surface area contributed by atoms with Gasteiger partial charge in [0, 0.05) is 36.3 Å². The van der Waals surface area contributed by atoms with E-state index in [1.54, 1.807) is 6.20 Å². The Kier molecular flexibility index (Phi) is 3.40. The lowest BCUT2D eigenvalue weighted by Gasteiger charge is -2.35. The number of nitrogens with two attached hydrogens (primary N) is 1. The van der Waals surface area contributed by atoms with E-state index >= 15 is 0 Å². The van der Waals surface area contributed by atoms with E-state index in [2.05, 4.69) is 11.9 Å². The topological polar surface area (TPSA) is 59.2 Å². The van der Waals surface area contributed by atoms with Crippen LogP contribution in [-0.2, 0) is 0 Å². The summed E-state index contributed by atoms with van der Waals surface area (Å²) in [5.74, 6) is 0.541. The van der Waals surface area contributed by atoms with Gasteiger partial charge in [-0.05, 0) is 30.5 Å². The summed E-state index contributed by atoms with van der Waals surface area (Å²) < 4.78 is 0. The van der Waals surface area contributed by atoms with Crippen molar-refractivity contribution >= 4 is 16.8 Å². The largest absolute Gasteiger partial charge is 0.337 e. The molecule has 1 aliphatic rings. The van der Waals surface area contributed by atoms with Crippen molar-refractivity contribution in [3.8, 4) is 0 Å². The van der Waals surface area contributed by atoms with E-state index in [1.165, 1.54) is 0 Å². The molecule has 0 saturated carbocycles. The maximum absolute atomic E-state index is 12.7. The first-order chi connectivity index (χ1) is 9.66. The van der Waals surface area contributed by atoms with Gasteiger partial charge in [-0.15, -0.1) is 0 Å². The van der Waals surface area contributed by atoms with Gasteiger partial charge in [-0.2, -0.15) is 0 Å². The van der Waals surface area contributed by atoms with Crippen molar-refractivity contribution in [2.75, 3.05) is 13.1 Å². The van der Waals surface area contributed by atoms with Crippen molar-refractivity contribution in [1.82, 2.24) is 9.88 Å². The lowest BCUT2D eigenvalue weighted by atomic mass is 9.93. The monoisotopic (exact) mass is 269 g/mol. The fraction of sp³-hybridized carbons (Fsp3) is 0.375. The highest BCUT2D eigenvalue weighted by molar-refractivity contribution is 6.06. The van der Waals surface area contributed by atoms with Gasteiger partial charge in [0.25, 0.3) is 5.91 Å². The summed E-state index contributed by atoms with van der Waals surface area (Å²) in [4.78, 5) is 18.9. The molecule has 1 saturated heterocycles. The van der Waals surface area contributed by atoms with Gasteiger partial charge in [0.1, 0.15) is 0 Å². The lowest BCUT2D eigenvalue weighted by Crippen LogP contribution is -2.49. The average molecular weight is 269 g/mol. The van der Waals surface area contributed by atoms with E-state index in [0.717, 1.165) is 29.4 Å². The molecule has 1 aliphatic heterocycles. The second kappa shape index (κ2) is 5.21. The number of hydrogen-bond donors (Lipinski definition) is 1. The normalized spacial score (nSPS) is 23.0. The van der Waals surface area contributed by atoms with Crippen LogP contribution in [0.4, 0.5) is 0 Å². The Bertz CT molecular complexity index is 635. The predicted molar refractivity (Wildman–Crippen MR) is 79.4 cm³/mol. The molecule has 4 nitrogen and oxygen atoms in total. The third kappa shape index (κ3) is 2.27. The van der Waals surface area contributed by atoms with E-state index in [-0.39, 0.29) is 11.9 Å². The Balaban J connectivity index is 1.93. The van der Waals surface area contributed by atoms with Crippen LogP contribution in [0.25, 0.3) is 10.9 Å². The highest BCUT2D eigenvalue weighted by Gasteiger charge is 2.27. The molecule has 2 atom stereocenters. The highest BCUT2D eigenvalue weighted by atomic mass is 16.2. The highest BCUT2D eigenvalue weighted by Crippen LogP contribution is 2.22. The summed E-state index contributed by atoms with van der Waals surface area (Å²) in [5, 5.41) is 0.909. The summed E-state index contributed by atoms with van der Waals surface area (Å²) in [6.07, 6.45) is 2.71. The number of benzene rings is 1. The molecule has 1 amide bonds. The van der Waals surface area contributed by atoms with Gasteiger partial charge in [-0.25, -0.2) is 0 Å². The molecule has 0 bridgehead atoms. The molecule has 2 aromatic rings. The number of aromatic nitrogens is 1. The van der Waals surface area contributed by atoms with Crippen molar-refractivity contribution < 1.29 is 4.79 Å². The average Bonchev–Trinajstić information content (AvgIpc) is 2.49. The van der Waals surface area contributed by atoms with Gasteiger partial charge < -0.3 is 10.6 Å². The lowest BCUT2D eigenvalue weighted by molar-refractivity contribution is 0.0674. The second-order valence-electron chi connectivity index (χ2n) is 5.56. The molecule has 1 fully saturated rings. The van der Waals surface area contributed by atoms with Crippen LogP contribution >= 0.6 is 0 Å². The zero-order chi connectivity index (χ0) is 14.1. The number of piperidine rings is 1. The summed E-state index contributed by atoms with van der Waals surface area (Å²) in [7, 11) is 0. The summed E-state index contributed by atoms with van der Waals surface area (Å²) in [6, 6.07) is 9.56. The zero-order valence-corrected chi connectivity index (χ0v) is 11.6. The van der Waals surface area contributed by atoms with E-state index in [0.29, 0.717) is 12.5 Å². The van der Waals surface area contributed by atoms with Gasteiger partial charge in [-0.3, -0.25) is 9.78 Å². The molecule has 0 aliphatic carbocycles. The van der Waals surface area contributed by atoms with Crippen molar-refractivity contribution in [2.45, 2.75) is 19.4 Å². The Morgan fingerprint density at radius 1 is 1.35 bits per heavy atom. The SMILES string of the molecule is CC1CCN(C(=O)c2cccc3ncccc23)CC1N. The van der Waals surface area contributed by atoms with E-state index in [9.17, 15) is 4.79 Å². The molecule has 0 spiro atoms. The summed E-state index contributed by atoms with van der Waals surface area (Å²) >= 11 is 0. The van der Waals surface area contributed by atoms with Crippen molar-refractivity contribution in [1.29, 1.82) is 0 Å². The fourth-order valence-corrected chi connectivity index (χ4v) is 2.74. The van der Waals surface area contributed by atoms with E-state index < -0.39 is 0 Å².